The number of benzene rings is 2. The molecule has 0 aromatic heterocycles. The zero-order chi connectivity index (χ0) is 22.0. The highest BCUT2D eigenvalue weighted by molar-refractivity contribution is 7.54. The van der Waals surface area contributed by atoms with Gasteiger partial charge in [-0.1, -0.05) is 63.1 Å². The molecule has 2 aromatic carbocycles. The summed E-state index contributed by atoms with van der Waals surface area (Å²) < 4.78 is 66.5. The van der Waals surface area contributed by atoms with Crippen LogP contribution < -0.4 is 5.32 Å². The fraction of sp³-hybridized carbons (Fsp3) is 0.455. The third-order valence-corrected chi connectivity index (χ3v) is 6.62. The van der Waals surface area contributed by atoms with Gasteiger partial charge in [0.1, 0.15) is 0 Å². The Kier molecular flexibility index (Phi) is 9.40. The van der Waals surface area contributed by atoms with Crippen LogP contribution in [-0.4, -0.2) is 13.2 Å². The van der Waals surface area contributed by atoms with Crippen molar-refractivity contribution in [2.24, 2.45) is 0 Å². The fourth-order valence-electron chi connectivity index (χ4n) is 2.87. The molecule has 0 bridgehead atoms. The number of alkyl halides is 3. The molecule has 0 spiro atoms. The standard InChI is InChI=1S/C22H29F3NO3P/c1-3-5-16-28-30(27,29-17-6-4-2)21(26-18-12-8-7-9-13-18)19-14-10-11-15-20(19)22(23,24)25/h7-15,21,26H,3-6,16-17H2,1-2H3. The lowest BCUT2D eigenvalue weighted by atomic mass is 10.1. The first kappa shape index (κ1) is 24.4. The minimum atomic E-state index is -4.61. The fourth-order valence-corrected chi connectivity index (χ4v) is 4.88. The largest absolute Gasteiger partial charge is 0.416 e. The molecule has 0 radical (unpaired) electrons. The van der Waals surface area contributed by atoms with E-state index in [1.165, 1.54) is 18.2 Å². The van der Waals surface area contributed by atoms with E-state index in [4.69, 9.17) is 9.05 Å². The number of rotatable bonds is 12. The molecular weight excluding hydrogens is 414 g/mol. The first-order valence-corrected chi connectivity index (χ1v) is 11.8. The van der Waals surface area contributed by atoms with Crippen molar-refractivity contribution in [2.75, 3.05) is 18.5 Å². The van der Waals surface area contributed by atoms with Gasteiger partial charge < -0.3 is 14.4 Å². The summed E-state index contributed by atoms with van der Waals surface area (Å²) in [7, 11) is -3.98. The molecule has 30 heavy (non-hydrogen) atoms. The van der Waals surface area contributed by atoms with E-state index in [9.17, 15) is 17.7 Å². The molecule has 1 unspecified atom stereocenters. The van der Waals surface area contributed by atoms with E-state index in [1.54, 1.807) is 30.3 Å². The zero-order valence-corrected chi connectivity index (χ0v) is 18.2. The highest BCUT2D eigenvalue weighted by atomic mass is 31.2. The molecule has 4 nitrogen and oxygen atoms in total. The van der Waals surface area contributed by atoms with Crippen LogP contribution in [0.5, 0.6) is 0 Å². The molecule has 1 atom stereocenters. The molecule has 2 rings (SSSR count). The average molecular weight is 443 g/mol. The summed E-state index contributed by atoms with van der Waals surface area (Å²) >= 11 is 0. The molecule has 0 fully saturated rings. The molecule has 2 aromatic rings. The average Bonchev–Trinajstić information content (AvgIpc) is 2.72. The number of para-hydroxylation sites is 1. The summed E-state index contributed by atoms with van der Waals surface area (Å²) in [6.07, 6.45) is -1.76. The van der Waals surface area contributed by atoms with Gasteiger partial charge in [-0.2, -0.15) is 13.2 Å². The number of anilines is 1. The Bertz CT molecular complexity index is 801. The van der Waals surface area contributed by atoms with Crippen molar-refractivity contribution < 1.29 is 26.8 Å². The number of hydrogen-bond acceptors (Lipinski definition) is 4. The molecule has 0 aliphatic heterocycles. The molecule has 0 aliphatic rings. The third kappa shape index (κ3) is 6.86. The van der Waals surface area contributed by atoms with Gasteiger partial charge in [-0.05, 0) is 36.6 Å². The van der Waals surface area contributed by atoms with Gasteiger partial charge in [0.05, 0.1) is 18.8 Å². The van der Waals surface area contributed by atoms with Crippen molar-refractivity contribution in [3.63, 3.8) is 0 Å². The molecule has 0 saturated carbocycles. The molecule has 0 aliphatic carbocycles. The number of hydrogen-bond donors (Lipinski definition) is 1. The van der Waals surface area contributed by atoms with E-state index >= 15 is 0 Å². The van der Waals surface area contributed by atoms with Gasteiger partial charge in [-0.15, -0.1) is 0 Å². The Morgan fingerprint density at radius 2 is 1.43 bits per heavy atom. The first-order chi connectivity index (χ1) is 14.3. The van der Waals surface area contributed by atoms with Gasteiger partial charge in [0.25, 0.3) is 0 Å². The molecule has 0 saturated heterocycles. The van der Waals surface area contributed by atoms with Crippen LogP contribution in [0.3, 0.4) is 0 Å². The Hall–Kier alpha value is -1.82. The van der Waals surface area contributed by atoms with Crippen molar-refractivity contribution in [3.8, 4) is 0 Å². The van der Waals surface area contributed by atoms with Crippen molar-refractivity contribution in [2.45, 2.75) is 51.5 Å². The minimum Gasteiger partial charge on any atom is -0.368 e. The van der Waals surface area contributed by atoms with E-state index in [0.29, 0.717) is 18.5 Å². The minimum absolute atomic E-state index is 0.140. The maximum Gasteiger partial charge on any atom is 0.416 e. The van der Waals surface area contributed by atoms with Crippen LogP contribution in [0, 0.1) is 0 Å². The smallest absolute Gasteiger partial charge is 0.368 e. The highest BCUT2D eigenvalue weighted by Crippen LogP contribution is 2.62. The van der Waals surface area contributed by atoms with Crippen LogP contribution >= 0.6 is 7.60 Å². The quantitative estimate of drug-likeness (QED) is 0.270. The molecule has 166 valence electrons. The highest BCUT2D eigenvalue weighted by Gasteiger charge is 2.43. The first-order valence-electron chi connectivity index (χ1n) is 10.2. The predicted molar refractivity (Wildman–Crippen MR) is 114 cm³/mol. The molecule has 8 heteroatoms. The summed E-state index contributed by atoms with van der Waals surface area (Å²) in [6, 6.07) is 13.8. The molecular formula is C22H29F3NO3P. The van der Waals surface area contributed by atoms with Gasteiger partial charge in [0, 0.05) is 5.69 Å². The monoisotopic (exact) mass is 443 g/mol. The maximum absolute atomic E-state index is 13.9. The van der Waals surface area contributed by atoms with Crippen LogP contribution in [0.15, 0.2) is 54.6 Å². The van der Waals surface area contributed by atoms with Gasteiger partial charge >= 0.3 is 13.8 Å². The second kappa shape index (κ2) is 11.5. The number of halogens is 3. The number of unbranched alkanes of at least 4 members (excludes halogenated alkanes) is 2. The lowest BCUT2D eigenvalue weighted by molar-refractivity contribution is -0.138. The summed E-state index contributed by atoms with van der Waals surface area (Å²) in [5.74, 6) is -1.30. The zero-order valence-electron chi connectivity index (χ0n) is 17.3. The van der Waals surface area contributed by atoms with E-state index in [-0.39, 0.29) is 18.8 Å². The van der Waals surface area contributed by atoms with E-state index in [2.05, 4.69) is 5.32 Å². The Morgan fingerprint density at radius 1 is 0.900 bits per heavy atom. The second-order valence-corrected chi connectivity index (χ2v) is 9.02. The Labute approximate surface area is 176 Å². The third-order valence-electron chi connectivity index (χ3n) is 4.49. The van der Waals surface area contributed by atoms with Crippen molar-refractivity contribution >= 4 is 13.3 Å². The topological polar surface area (TPSA) is 47.6 Å². The van der Waals surface area contributed by atoms with Crippen LogP contribution in [-0.2, 0) is 19.8 Å². The van der Waals surface area contributed by atoms with Gasteiger partial charge in [0.2, 0.25) is 0 Å². The Balaban J connectivity index is 2.53. The van der Waals surface area contributed by atoms with E-state index < -0.39 is 25.1 Å². The van der Waals surface area contributed by atoms with Crippen molar-refractivity contribution in [1.29, 1.82) is 0 Å². The molecule has 0 heterocycles. The van der Waals surface area contributed by atoms with Crippen molar-refractivity contribution in [1.82, 2.24) is 0 Å². The van der Waals surface area contributed by atoms with Crippen LogP contribution in [0.2, 0.25) is 0 Å². The summed E-state index contributed by atoms with van der Waals surface area (Å²) in [5, 5.41) is 2.99. The van der Waals surface area contributed by atoms with Crippen LogP contribution in [0.4, 0.5) is 18.9 Å². The van der Waals surface area contributed by atoms with Crippen LogP contribution in [0.25, 0.3) is 0 Å². The SMILES string of the molecule is CCCCOP(=O)(OCCCC)C(Nc1ccccc1)c1ccccc1C(F)(F)F. The summed E-state index contributed by atoms with van der Waals surface area (Å²) in [6.45, 7) is 4.18. The lowest BCUT2D eigenvalue weighted by Gasteiger charge is -2.30. The molecule has 0 amide bonds. The normalized spacial score (nSPS) is 13.2. The summed E-state index contributed by atoms with van der Waals surface area (Å²) in [4.78, 5) is 0. The van der Waals surface area contributed by atoms with Gasteiger partial charge in [-0.3, -0.25) is 4.57 Å². The lowest BCUT2D eigenvalue weighted by Crippen LogP contribution is -2.20. The van der Waals surface area contributed by atoms with Gasteiger partial charge in [-0.25, -0.2) is 0 Å². The number of nitrogens with one attached hydrogen (secondary N) is 1. The predicted octanol–water partition coefficient (Wildman–Crippen LogP) is 7.64. The second-order valence-electron chi connectivity index (χ2n) is 6.91. The van der Waals surface area contributed by atoms with Crippen molar-refractivity contribution in [3.05, 3.63) is 65.7 Å². The van der Waals surface area contributed by atoms with Crippen LogP contribution in [0.1, 0.15) is 56.4 Å². The maximum atomic E-state index is 13.9. The van der Waals surface area contributed by atoms with E-state index in [1.807, 2.05) is 13.8 Å². The Morgan fingerprint density at radius 3 is 1.97 bits per heavy atom. The van der Waals surface area contributed by atoms with E-state index in [0.717, 1.165) is 18.9 Å². The van der Waals surface area contributed by atoms with Gasteiger partial charge in [0.15, 0.2) is 5.78 Å². The summed E-state index contributed by atoms with van der Waals surface area (Å²) in [5.41, 5.74) is -0.500. The molecule has 1 N–H and O–H groups in total.